The van der Waals surface area contributed by atoms with Crippen molar-refractivity contribution in [2.45, 2.75) is 20.0 Å². The summed E-state index contributed by atoms with van der Waals surface area (Å²) in [6.07, 6.45) is 0. The van der Waals surface area contributed by atoms with Crippen LogP contribution >= 0.6 is 11.3 Å². The average Bonchev–Trinajstić information content (AvgIpc) is 2.85. The second-order valence-electron chi connectivity index (χ2n) is 4.76. The van der Waals surface area contributed by atoms with Gasteiger partial charge in [0, 0.05) is 30.1 Å². The van der Waals surface area contributed by atoms with Crippen molar-refractivity contribution in [3.8, 4) is 5.75 Å². The smallest absolute Gasteiger partial charge is 0.123 e. The molecule has 1 heterocycles. The van der Waals surface area contributed by atoms with Crippen molar-refractivity contribution in [1.82, 2.24) is 9.88 Å². The van der Waals surface area contributed by atoms with Gasteiger partial charge < -0.3 is 10.5 Å². The molecule has 1 aromatic carbocycles. The van der Waals surface area contributed by atoms with Crippen LogP contribution < -0.4 is 10.5 Å². The summed E-state index contributed by atoms with van der Waals surface area (Å²) in [5, 5.41) is 0. The molecule has 4 nitrogen and oxygen atoms in total. The zero-order chi connectivity index (χ0) is 14.4. The first-order valence-electron chi connectivity index (χ1n) is 6.69. The predicted octanol–water partition coefficient (Wildman–Crippen LogP) is 2.42. The lowest BCUT2D eigenvalue weighted by Gasteiger charge is -2.17. The Morgan fingerprint density at radius 2 is 2.15 bits per heavy atom. The Balaban J connectivity index is 1.79. The van der Waals surface area contributed by atoms with Gasteiger partial charge in [-0.3, -0.25) is 4.90 Å². The lowest BCUT2D eigenvalue weighted by atomic mass is 10.2. The summed E-state index contributed by atoms with van der Waals surface area (Å²) in [5.74, 6) is 0.886. The van der Waals surface area contributed by atoms with Crippen molar-refractivity contribution in [2.75, 3.05) is 20.2 Å². The number of aromatic nitrogens is 1. The first-order valence-corrected chi connectivity index (χ1v) is 7.57. The van der Waals surface area contributed by atoms with Crippen molar-refractivity contribution >= 4 is 11.3 Å². The van der Waals surface area contributed by atoms with Gasteiger partial charge >= 0.3 is 0 Å². The highest BCUT2D eigenvalue weighted by Gasteiger charge is 2.06. The molecule has 0 aliphatic heterocycles. The van der Waals surface area contributed by atoms with Gasteiger partial charge in [-0.1, -0.05) is 18.2 Å². The first-order chi connectivity index (χ1) is 9.70. The van der Waals surface area contributed by atoms with E-state index in [9.17, 15) is 0 Å². The van der Waals surface area contributed by atoms with E-state index in [0.717, 1.165) is 30.1 Å². The van der Waals surface area contributed by atoms with E-state index in [1.54, 1.807) is 11.3 Å². The predicted molar refractivity (Wildman–Crippen MR) is 83.0 cm³/mol. The number of ether oxygens (including phenoxy) is 1. The number of para-hydroxylation sites is 1. The number of hydrogen-bond acceptors (Lipinski definition) is 5. The van der Waals surface area contributed by atoms with E-state index >= 15 is 0 Å². The SMILES string of the molecule is Cc1ncsc1CN(C)CCOc1ccccc1CN. The molecule has 0 saturated heterocycles. The molecule has 0 saturated carbocycles. The number of likely N-dealkylation sites (N-methyl/N-ethyl adjacent to an activating group) is 1. The minimum absolute atomic E-state index is 0.506. The third-order valence-electron chi connectivity index (χ3n) is 3.18. The average molecular weight is 291 g/mol. The molecule has 0 aliphatic carbocycles. The minimum Gasteiger partial charge on any atom is -0.492 e. The van der Waals surface area contributed by atoms with Crippen LogP contribution in [0.4, 0.5) is 0 Å². The number of thiazole rings is 1. The number of hydrogen-bond donors (Lipinski definition) is 1. The van der Waals surface area contributed by atoms with Gasteiger partial charge in [0.1, 0.15) is 12.4 Å². The summed E-state index contributed by atoms with van der Waals surface area (Å²) < 4.78 is 5.81. The van der Waals surface area contributed by atoms with Crippen LogP contribution in [0, 0.1) is 6.92 Å². The van der Waals surface area contributed by atoms with Crippen LogP contribution in [0.3, 0.4) is 0 Å². The maximum atomic E-state index is 5.81. The lowest BCUT2D eigenvalue weighted by Crippen LogP contribution is -2.24. The maximum absolute atomic E-state index is 5.81. The molecular weight excluding hydrogens is 270 g/mol. The standard InChI is InChI=1S/C15H21N3OS/c1-12-15(20-11-17-12)10-18(2)7-8-19-14-6-4-3-5-13(14)9-16/h3-6,11H,7-10,16H2,1-2H3. The Morgan fingerprint density at radius 3 is 2.85 bits per heavy atom. The Bertz CT molecular complexity index is 541. The van der Waals surface area contributed by atoms with Gasteiger partial charge in [-0.15, -0.1) is 11.3 Å². The van der Waals surface area contributed by atoms with Crippen LogP contribution in [0.25, 0.3) is 0 Å². The number of aryl methyl sites for hydroxylation is 1. The fraction of sp³-hybridized carbons (Fsp3) is 0.400. The van der Waals surface area contributed by atoms with Gasteiger partial charge in [0.05, 0.1) is 11.2 Å². The fourth-order valence-corrected chi connectivity index (χ4v) is 2.78. The largest absolute Gasteiger partial charge is 0.492 e. The van der Waals surface area contributed by atoms with Crippen LogP contribution in [-0.4, -0.2) is 30.1 Å². The molecular formula is C15H21N3OS. The summed E-state index contributed by atoms with van der Waals surface area (Å²) in [4.78, 5) is 7.82. The van der Waals surface area contributed by atoms with Crippen LogP contribution in [0.15, 0.2) is 29.8 Å². The van der Waals surface area contributed by atoms with Gasteiger partial charge in [-0.25, -0.2) is 4.98 Å². The van der Waals surface area contributed by atoms with E-state index in [1.807, 2.05) is 36.7 Å². The molecule has 0 atom stereocenters. The normalized spacial score (nSPS) is 11.0. The summed E-state index contributed by atoms with van der Waals surface area (Å²) in [6.45, 7) is 5.00. The molecule has 0 amide bonds. The molecule has 2 rings (SSSR count). The van der Waals surface area contributed by atoms with E-state index in [0.29, 0.717) is 13.2 Å². The Kier molecular flexibility index (Phi) is 5.52. The van der Waals surface area contributed by atoms with Crippen molar-refractivity contribution in [2.24, 2.45) is 5.73 Å². The molecule has 20 heavy (non-hydrogen) atoms. The van der Waals surface area contributed by atoms with Gasteiger partial charge in [-0.05, 0) is 20.0 Å². The molecule has 2 N–H and O–H groups in total. The highest BCUT2D eigenvalue weighted by atomic mass is 32.1. The van der Waals surface area contributed by atoms with Crippen LogP contribution in [-0.2, 0) is 13.1 Å². The topological polar surface area (TPSA) is 51.4 Å². The Hall–Kier alpha value is -1.43. The maximum Gasteiger partial charge on any atom is 0.123 e. The molecule has 5 heteroatoms. The molecule has 0 aliphatic rings. The molecule has 0 unspecified atom stereocenters. The fourth-order valence-electron chi connectivity index (χ4n) is 1.93. The number of nitrogens with zero attached hydrogens (tertiary/aromatic N) is 2. The summed E-state index contributed by atoms with van der Waals surface area (Å²) in [5.41, 5.74) is 9.76. The third kappa shape index (κ3) is 4.03. The van der Waals surface area contributed by atoms with E-state index in [4.69, 9.17) is 10.5 Å². The molecule has 1 aromatic heterocycles. The molecule has 0 bridgehead atoms. The third-order valence-corrected chi connectivity index (χ3v) is 4.10. The summed E-state index contributed by atoms with van der Waals surface area (Å²) >= 11 is 1.70. The quantitative estimate of drug-likeness (QED) is 0.851. The van der Waals surface area contributed by atoms with Crippen molar-refractivity contribution in [3.05, 3.63) is 45.9 Å². The van der Waals surface area contributed by atoms with Gasteiger partial charge in [0.25, 0.3) is 0 Å². The molecule has 2 aromatic rings. The molecule has 0 spiro atoms. The van der Waals surface area contributed by atoms with E-state index in [1.165, 1.54) is 4.88 Å². The van der Waals surface area contributed by atoms with Crippen LogP contribution in [0.5, 0.6) is 5.75 Å². The minimum atomic E-state index is 0.506. The van der Waals surface area contributed by atoms with Gasteiger partial charge in [0.15, 0.2) is 0 Å². The van der Waals surface area contributed by atoms with Gasteiger partial charge in [0.2, 0.25) is 0 Å². The molecule has 0 radical (unpaired) electrons. The first kappa shape index (κ1) is 15.0. The summed E-state index contributed by atoms with van der Waals surface area (Å²) in [6, 6.07) is 7.92. The van der Waals surface area contributed by atoms with E-state index in [2.05, 4.69) is 16.9 Å². The van der Waals surface area contributed by atoms with Crippen LogP contribution in [0.1, 0.15) is 16.1 Å². The molecule has 108 valence electrons. The van der Waals surface area contributed by atoms with Crippen LogP contribution in [0.2, 0.25) is 0 Å². The van der Waals surface area contributed by atoms with Crippen molar-refractivity contribution in [1.29, 1.82) is 0 Å². The Morgan fingerprint density at radius 1 is 1.35 bits per heavy atom. The number of nitrogens with two attached hydrogens (primary N) is 1. The van der Waals surface area contributed by atoms with Crippen molar-refractivity contribution < 1.29 is 4.74 Å². The van der Waals surface area contributed by atoms with Gasteiger partial charge in [-0.2, -0.15) is 0 Å². The zero-order valence-electron chi connectivity index (χ0n) is 12.0. The van der Waals surface area contributed by atoms with Crippen molar-refractivity contribution in [3.63, 3.8) is 0 Å². The number of rotatable bonds is 7. The van der Waals surface area contributed by atoms with E-state index in [-0.39, 0.29) is 0 Å². The molecule has 0 fully saturated rings. The second-order valence-corrected chi connectivity index (χ2v) is 5.70. The zero-order valence-corrected chi connectivity index (χ0v) is 12.8. The highest BCUT2D eigenvalue weighted by molar-refractivity contribution is 7.09. The monoisotopic (exact) mass is 291 g/mol. The number of benzene rings is 1. The van der Waals surface area contributed by atoms with E-state index < -0.39 is 0 Å². The Labute approximate surface area is 124 Å². The highest BCUT2D eigenvalue weighted by Crippen LogP contribution is 2.17. The lowest BCUT2D eigenvalue weighted by molar-refractivity contribution is 0.232. The second kappa shape index (κ2) is 7.38. The summed E-state index contributed by atoms with van der Waals surface area (Å²) in [7, 11) is 2.09.